The Hall–Kier alpha value is -1.62. The zero-order valence-electron chi connectivity index (χ0n) is 7.35. The zero-order valence-corrected chi connectivity index (χ0v) is 8.17. The second-order valence-corrected chi connectivity index (χ2v) is 3.30. The topological polar surface area (TPSA) is 59.1 Å². The Bertz CT molecular complexity index is 548. The van der Waals surface area contributed by atoms with Crippen molar-refractivity contribution in [2.24, 2.45) is 9.98 Å². The van der Waals surface area contributed by atoms with Crippen molar-refractivity contribution in [2.75, 3.05) is 0 Å². The number of carbonyl (C=O) groups excluding carboxylic acids is 1. The van der Waals surface area contributed by atoms with E-state index in [1.165, 1.54) is 0 Å². The van der Waals surface area contributed by atoms with Gasteiger partial charge in [0, 0.05) is 0 Å². The number of rotatable bonds is 0. The van der Waals surface area contributed by atoms with E-state index in [1.807, 2.05) is 19.1 Å². The fourth-order valence-corrected chi connectivity index (χ4v) is 1.36. The van der Waals surface area contributed by atoms with Crippen LogP contribution in [0.5, 0.6) is 0 Å². The third kappa shape index (κ3) is 1.42. The van der Waals surface area contributed by atoms with Crippen LogP contribution < -0.4 is 16.0 Å². The molecule has 1 amide bonds. The molecule has 14 heavy (non-hydrogen) atoms. The number of amides is 1. The summed E-state index contributed by atoms with van der Waals surface area (Å²) in [5.41, 5.74) is 1.07. The molecule has 2 rings (SSSR count). The van der Waals surface area contributed by atoms with Crippen LogP contribution in [-0.4, -0.2) is 10.9 Å². The number of nitrogens with zero attached hydrogens (tertiary/aromatic N) is 2. The van der Waals surface area contributed by atoms with Crippen molar-refractivity contribution < 1.29 is 9.83 Å². The minimum absolute atomic E-state index is 0.0955. The van der Waals surface area contributed by atoms with Crippen LogP contribution in [0.1, 0.15) is 5.56 Å². The van der Waals surface area contributed by atoms with Crippen molar-refractivity contribution in [2.45, 2.75) is 6.92 Å². The van der Waals surface area contributed by atoms with Gasteiger partial charge in [-0.25, -0.2) is 4.99 Å². The van der Waals surface area contributed by atoms with Gasteiger partial charge in [-0.1, -0.05) is 6.07 Å². The average molecular weight is 206 g/mol. The molecule has 1 aromatic rings. The van der Waals surface area contributed by atoms with Crippen LogP contribution in [0.2, 0.25) is 0 Å². The van der Waals surface area contributed by atoms with Gasteiger partial charge < -0.3 is 5.26 Å². The Morgan fingerprint density at radius 3 is 2.79 bits per heavy atom. The van der Waals surface area contributed by atoms with Crippen LogP contribution in [-0.2, 0) is 4.58 Å². The van der Waals surface area contributed by atoms with Crippen LogP contribution >= 0.6 is 12.2 Å². The highest BCUT2D eigenvalue weighted by atomic mass is 32.1. The zero-order chi connectivity index (χ0) is 10.1. The minimum atomic E-state index is -0.142. The molecule has 5 heteroatoms. The van der Waals surface area contributed by atoms with Gasteiger partial charge in [-0.05, 0) is 36.8 Å². The van der Waals surface area contributed by atoms with Crippen molar-refractivity contribution >= 4 is 23.1 Å². The molecule has 1 heterocycles. The first-order chi connectivity index (χ1) is 6.70. The second-order valence-electron chi connectivity index (χ2n) is 2.91. The Morgan fingerprint density at radius 2 is 2.07 bits per heavy atom. The normalized spacial score (nSPS) is 17.2. The molecule has 0 radical (unpaired) electrons. The van der Waals surface area contributed by atoms with Crippen LogP contribution in [0.25, 0.3) is 0 Å². The molecular weight excluding hydrogens is 200 g/mol. The molecule has 0 atom stereocenters. The van der Waals surface area contributed by atoms with E-state index in [4.69, 9.17) is 12.2 Å². The summed E-state index contributed by atoms with van der Waals surface area (Å²) in [5.74, 6) is -0.142. The van der Waals surface area contributed by atoms with Crippen LogP contribution in [0.15, 0.2) is 28.2 Å². The van der Waals surface area contributed by atoms with Gasteiger partial charge in [-0.15, -0.1) is 4.58 Å². The molecule has 1 aliphatic heterocycles. The summed E-state index contributed by atoms with van der Waals surface area (Å²) in [6.07, 6.45) is 0. The first kappa shape index (κ1) is 8.96. The van der Waals surface area contributed by atoms with E-state index in [1.54, 1.807) is 6.07 Å². The van der Waals surface area contributed by atoms with E-state index >= 15 is 0 Å². The Labute approximate surface area is 84.9 Å². The van der Waals surface area contributed by atoms with Crippen molar-refractivity contribution in [3.63, 3.8) is 0 Å². The quantitative estimate of drug-likeness (QED) is 0.234. The van der Waals surface area contributed by atoms with Gasteiger partial charge in [0.05, 0.1) is 10.7 Å². The summed E-state index contributed by atoms with van der Waals surface area (Å²) in [4.78, 5) is 8.06. The molecule has 70 valence electrons. The number of thiocarbonyl (C=S) groups is 1. The van der Waals surface area contributed by atoms with Crippen LogP contribution in [0.4, 0.5) is 0 Å². The van der Waals surface area contributed by atoms with E-state index < -0.39 is 0 Å². The van der Waals surface area contributed by atoms with Crippen LogP contribution in [0, 0.1) is 6.92 Å². The standard InChI is InChI=1S/C9H6N2O2S/c1-5-2-3-6-7(4-5)11-9(14)8(10-6)13-12/h2-4H,1H3. The summed E-state index contributed by atoms with van der Waals surface area (Å²) in [6, 6.07) is 5.51. The van der Waals surface area contributed by atoms with E-state index in [-0.39, 0.29) is 10.9 Å². The van der Waals surface area contributed by atoms with Gasteiger partial charge in [0.15, 0.2) is 0 Å². The molecule has 0 fully saturated rings. The fraction of sp³-hybridized carbons (Fsp3) is 0.111. The molecule has 0 saturated heterocycles. The Balaban J connectivity index is 2.79. The van der Waals surface area contributed by atoms with Crippen molar-refractivity contribution in [3.05, 3.63) is 34.5 Å². The van der Waals surface area contributed by atoms with E-state index in [9.17, 15) is 5.26 Å². The highest BCUT2D eigenvalue weighted by Gasteiger charge is 2.20. The smallest absolute Gasteiger partial charge is 0.460 e. The maximum Gasteiger partial charge on any atom is 0.511 e. The highest BCUT2D eigenvalue weighted by Crippen LogP contribution is 1.91. The lowest BCUT2D eigenvalue weighted by atomic mass is 10.2. The van der Waals surface area contributed by atoms with Gasteiger partial charge >= 0.3 is 5.91 Å². The molecular formula is C9H6N2O2S. The largest absolute Gasteiger partial charge is 0.511 e. The molecule has 0 N–H and O–H groups in total. The molecule has 0 aromatic heterocycles. The van der Waals surface area contributed by atoms with Gasteiger partial charge in [0.2, 0.25) is 0 Å². The molecule has 1 aliphatic rings. The monoisotopic (exact) mass is 206 g/mol. The predicted molar refractivity (Wildman–Crippen MR) is 51.1 cm³/mol. The maximum absolute atomic E-state index is 10.2. The molecule has 1 aromatic carbocycles. The Kier molecular flexibility index (Phi) is 2.09. The summed E-state index contributed by atoms with van der Waals surface area (Å²) in [7, 11) is 0. The highest BCUT2D eigenvalue weighted by molar-refractivity contribution is 7.82. The summed E-state index contributed by atoms with van der Waals surface area (Å²) < 4.78 is 3.76. The lowest BCUT2D eigenvalue weighted by Crippen LogP contribution is -2.35. The molecule has 0 bridgehead atoms. The first-order valence-electron chi connectivity index (χ1n) is 3.96. The lowest BCUT2D eigenvalue weighted by Gasteiger charge is -1.96. The maximum atomic E-state index is 10.2. The predicted octanol–water partition coefficient (Wildman–Crippen LogP) is -1.09. The number of hydrogen-bond donors (Lipinski definition) is 0. The summed E-state index contributed by atoms with van der Waals surface area (Å²) in [5, 5.41) is 11.5. The van der Waals surface area contributed by atoms with Crippen molar-refractivity contribution in [3.8, 4) is 0 Å². The van der Waals surface area contributed by atoms with Gasteiger partial charge in [-0.2, -0.15) is 4.99 Å². The number of fused-ring (bicyclic) bond motifs is 1. The third-order valence-electron chi connectivity index (χ3n) is 1.84. The molecule has 0 spiro atoms. The van der Waals surface area contributed by atoms with E-state index in [0.717, 1.165) is 5.56 Å². The number of aryl methyl sites for hydroxylation is 1. The lowest BCUT2D eigenvalue weighted by molar-refractivity contribution is -1.05. The van der Waals surface area contributed by atoms with Crippen LogP contribution in [0.3, 0.4) is 0 Å². The van der Waals surface area contributed by atoms with Crippen molar-refractivity contribution in [1.29, 1.82) is 0 Å². The SMILES string of the molecule is Cc1ccc2c(c1)=NC(=S)C(=[O+][O-])N=2. The minimum Gasteiger partial charge on any atom is -0.460 e. The van der Waals surface area contributed by atoms with Crippen molar-refractivity contribution in [1.82, 2.24) is 0 Å². The number of benzene rings is 1. The van der Waals surface area contributed by atoms with Gasteiger partial charge in [-0.3, -0.25) is 0 Å². The summed E-state index contributed by atoms with van der Waals surface area (Å²) in [6.45, 7) is 1.95. The van der Waals surface area contributed by atoms with Gasteiger partial charge in [0.1, 0.15) is 0 Å². The molecule has 0 unspecified atom stereocenters. The van der Waals surface area contributed by atoms with E-state index in [0.29, 0.717) is 10.7 Å². The van der Waals surface area contributed by atoms with Gasteiger partial charge in [0.25, 0.3) is 4.99 Å². The molecule has 0 aliphatic carbocycles. The third-order valence-corrected chi connectivity index (χ3v) is 2.10. The fourth-order valence-electron chi connectivity index (χ4n) is 1.19. The second kappa shape index (κ2) is 3.26. The molecule has 0 saturated carbocycles. The van der Waals surface area contributed by atoms with E-state index in [2.05, 4.69) is 14.6 Å². The summed E-state index contributed by atoms with van der Waals surface area (Å²) >= 11 is 4.82. The Morgan fingerprint density at radius 1 is 1.29 bits per heavy atom. The average Bonchev–Trinajstić information content (AvgIpc) is 2.16. The molecule has 4 nitrogen and oxygen atoms in total. The number of hydrogen-bond acceptors (Lipinski definition) is 2. The first-order valence-corrected chi connectivity index (χ1v) is 4.37.